The lowest BCUT2D eigenvalue weighted by molar-refractivity contribution is -0.222. The number of hydrogen-bond acceptors (Lipinski definition) is 10. The highest BCUT2D eigenvalue weighted by Crippen LogP contribution is 2.48. The predicted molar refractivity (Wildman–Crippen MR) is 215 cm³/mol. The maximum absolute atomic E-state index is 15.1. The monoisotopic (exact) mass is 877 g/mol. The Morgan fingerprint density at radius 3 is 2.51 bits per heavy atom. The molecule has 2 saturated carbocycles. The van der Waals surface area contributed by atoms with Crippen molar-refractivity contribution >= 4 is 44.6 Å². The topological polar surface area (TPSA) is 194 Å². The van der Waals surface area contributed by atoms with Crippen LogP contribution < -0.4 is 24.2 Å². The fourth-order valence-corrected chi connectivity index (χ4v) is 10.3. The summed E-state index contributed by atoms with van der Waals surface area (Å²) in [7, 11) is -2.60. The van der Waals surface area contributed by atoms with E-state index in [9.17, 15) is 41.1 Å². The summed E-state index contributed by atoms with van der Waals surface area (Å²) in [5.74, 6) is -3.66. The molecule has 7 atom stereocenters. The first-order valence-electron chi connectivity index (χ1n) is 20.8. The highest BCUT2D eigenvalue weighted by molar-refractivity contribution is 7.91. The van der Waals surface area contributed by atoms with Gasteiger partial charge in [0.15, 0.2) is 0 Å². The summed E-state index contributed by atoms with van der Waals surface area (Å²) in [6.07, 6.45) is -1.50. The van der Waals surface area contributed by atoms with E-state index in [1.165, 1.54) is 21.0 Å². The van der Waals surface area contributed by atoms with Gasteiger partial charge in [-0.25, -0.2) is 13.2 Å². The van der Waals surface area contributed by atoms with E-state index in [1.54, 1.807) is 18.2 Å². The molecular weight excluding hydrogens is 824 g/mol. The number of nitrogens with zero attached hydrogens (tertiary/aromatic N) is 3. The van der Waals surface area contributed by atoms with Gasteiger partial charge >= 0.3 is 12.3 Å². The lowest BCUT2D eigenvalue weighted by Gasteiger charge is -2.45. The Hall–Kier alpha value is -4.81. The Balaban J connectivity index is 1.31. The molecule has 4 amide bonds. The Morgan fingerprint density at radius 2 is 1.85 bits per heavy atom. The van der Waals surface area contributed by atoms with Crippen molar-refractivity contribution in [1.82, 2.24) is 24.8 Å². The molecule has 2 aliphatic carbocycles. The van der Waals surface area contributed by atoms with Gasteiger partial charge in [0.1, 0.15) is 35.0 Å². The largest absolute Gasteiger partial charge is 0.497 e. The molecular formula is C42H54F3N5O10S. The van der Waals surface area contributed by atoms with Crippen LogP contribution in [0, 0.1) is 17.8 Å². The number of carboxylic acid groups (broad SMARTS) is 1. The second kappa shape index (κ2) is 15.8. The molecule has 19 heteroatoms. The molecule has 1 aromatic carbocycles. The van der Waals surface area contributed by atoms with Crippen LogP contribution in [0.5, 0.6) is 17.5 Å². The number of allylic oxidation sites excluding steroid dienone is 1. The fourth-order valence-electron chi connectivity index (χ4n) is 9.03. The molecule has 3 fully saturated rings. The summed E-state index contributed by atoms with van der Waals surface area (Å²) in [6.45, 7) is 6.32. The van der Waals surface area contributed by atoms with E-state index in [0.717, 1.165) is 22.3 Å². The van der Waals surface area contributed by atoms with E-state index in [1.807, 2.05) is 19.1 Å². The molecule has 7 rings (SSSR count). The number of aryl methyl sites for hydroxylation is 1. The molecule has 0 spiro atoms. The van der Waals surface area contributed by atoms with Crippen LogP contribution in [0.3, 0.4) is 0 Å². The molecule has 0 unspecified atom stereocenters. The highest BCUT2D eigenvalue weighted by Gasteiger charge is 2.64. The van der Waals surface area contributed by atoms with E-state index >= 15 is 4.79 Å². The third kappa shape index (κ3) is 8.18. The second-order valence-electron chi connectivity index (χ2n) is 18.2. The Morgan fingerprint density at radius 1 is 1.13 bits per heavy atom. The van der Waals surface area contributed by atoms with Gasteiger partial charge in [-0.1, -0.05) is 26.0 Å². The average Bonchev–Trinajstić information content (AvgIpc) is 4.07. The number of aromatic nitrogens is 1. The number of amides is 4. The zero-order chi connectivity index (χ0) is 44.4. The number of pyridine rings is 1. The first-order chi connectivity index (χ1) is 28.5. The molecule has 4 heterocycles. The average molecular weight is 878 g/mol. The quantitative estimate of drug-likeness (QED) is 0.284. The third-order valence-electron chi connectivity index (χ3n) is 13.3. The zero-order valence-corrected chi connectivity index (χ0v) is 36.0. The molecule has 5 aliphatic rings. The standard InChI is InChI=1S/C42H54F3N5O10S/c1-23-10-7-8-11-25-21-41(25,37(53)48-61(56,57)40(5)15-16-40)47-33(51)31-20-27(60-35-29-14-13-26(58-6)19-30(29)28-12-9-17-59-34(28)46-35)22-49(31)36(52)32(24(2)18-23)50(38(54)55)39(3,4)42(43,44)45/h8,11,13-14,19,23-25,27,31-32H,7,9-10,12,15-18,20-22H2,1-6H3,(H,47,51)(H,48,53)(H,54,55)/b11-8-/t23-,24-,25-,27-,31+,32+,41-/m1/s1. The number of carbonyl (C=O) groups excluding carboxylic acids is 3. The number of alkyl halides is 3. The second-order valence-corrected chi connectivity index (χ2v) is 20.4. The Kier molecular flexibility index (Phi) is 11.5. The SMILES string of the molecule is COc1ccc2c(O[C@@H]3C[C@H]4C(=O)N[C@]5(C(=O)NS(=O)(=O)C6(C)CC6)C[C@H]5/C=C\CC[C@@H](C)C[C@@H](C)[C@H](N(C(=O)O)C(C)(C)C(F)(F)F)C(=O)N4C3)nc3c(c2c1)CCCO3. The summed E-state index contributed by atoms with van der Waals surface area (Å²) in [4.78, 5) is 62.7. The van der Waals surface area contributed by atoms with Crippen LogP contribution >= 0.6 is 0 Å². The molecule has 61 heavy (non-hydrogen) atoms. The van der Waals surface area contributed by atoms with Crippen LogP contribution in [0.4, 0.5) is 18.0 Å². The smallest absolute Gasteiger partial charge is 0.411 e. The fraction of sp³-hybridized carbons (Fsp3) is 0.643. The summed E-state index contributed by atoms with van der Waals surface area (Å²) >= 11 is 0. The van der Waals surface area contributed by atoms with E-state index in [4.69, 9.17) is 14.2 Å². The first-order valence-corrected chi connectivity index (χ1v) is 22.3. The van der Waals surface area contributed by atoms with Gasteiger partial charge in [-0.05, 0) is 108 Å². The van der Waals surface area contributed by atoms with Crippen molar-refractivity contribution in [3.05, 3.63) is 35.9 Å². The number of nitrogens with one attached hydrogen (secondary N) is 2. The number of benzene rings is 1. The van der Waals surface area contributed by atoms with Gasteiger partial charge in [0.25, 0.3) is 5.91 Å². The van der Waals surface area contributed by atoms with Crippen molar-refractivity contribution in [3.63, 3.8) is 0 Å². The predicted octanol–water partition coefficient (Wildman–Crippen LogP) is 5.49. The van der Waals surface area contributed by atoms with Crippen molar-refractivity contribution in [2.75, 3.05) is 20.3 Å². The molecule has 2 aromatic rings. The number of fused-ring (bicyclic) bond motifs is 5. The van der Waals surface area contributed by atoms with Crippen molar-refractivity contribution in [3.8, 4) is 17.5 Å². The molecule has 334 valence electrons. The van der Waals surface area contributed by atoms with E-state index in [-0.39, 0.29) is 42.5 Å². The van der Waals surface area contributed by atoms with E-state index < -0.39 is 85.9 Å². The zero-order valence-electron chi connectivity index (χ0n) is 35.1. The number of sulfonamides is 1. The van der Waals surface area contributed by atoms with Gasteiger partial charge in [0, 0.05) is 23.3 Å². The van der Waals surface area contributed by atoms with Crippen molar-refractivity contribution in [2.45, 2.75) is 133 Å². The molecule has 3 N–H and O–H groups in total. The van der Waals surface area contributed by atoms with Crippen molar-refractivity contribution in [2.24, 2.45) is 17.8 Å². The van der Waals surface area contributed by atoms with Gasteiger partial charge < -0.3 is 29.5 Å². The molecule has 0 radical (unpaired) electrons. The normalized spacial score (nSPS) is 29.6. The number of ether oxygens (including phenoxy) is 3. The van der Waals surface area contributed by atoms with Gasteiger partial charge in [0.05, 0.1) is 25.0 Å². The van der Waals surface area contributed by atoms with Gasteiger partial charge in [-0.15, -0.1) is 0 Å². The molecule has 3 aliphatic heterocycles. The number of hydrogen-bond donors (Lipinski definition) is 3. The minimum atomic E-state index is -5.10. The first kappa shape index (κ1) is 44.3. The number of carbonyl (C=O) groups is 4. The number of halogens is 3. The van der Waals surface area contributed by atoms with Gasteiger partial charge in [-0.3, -0.25) is 24.0 Å². The lowest BCUT2D eigenvalue weighted by atomic mass is 9.85. The van der Waals surface area contributed by atoms with Crippen LogP contribution in [0.2, 0.25) is 0 Å². The van der Waals surface area contributed by atoms with Crippen LogP contribution in [0.15, 0.2) is 30.4 Å². The summed E-state index contributed by atoms with van der Waals surface area (Å²) in [6, 6.07) is 1.88. The molecule has 1 saturated heterocycles. The summed E-state index contributed by atoms with van der Waals surface area (Å²) in [5.41, 5.74) is -3.94. The summed E-state index contributed by atoms with van der Waals surface area (Å²) in [5, 5.41) is 14.6. The minimum absolute atomic E-state index is 0.0458. The maximum atomic E-state index is 15.1. The third-order valence-corrected chi connectivity index (χ3v) is 15.5. The molecule has 15 nitrogen and oxygen atoms in total. The number of methoxy groups -OCH3 is 1. The van der Waals surface area contributed by atoms with Gasteiger partial charge in [-0.2, -0.15) is 18.2 Å². The summed E-state index contributed by atoms with van der Waals surface area (Å²) < 4.78 is 89.8. The van der Waals surface area contributed by atoms with Crippen LogP contribution in [0.1, 0.15) is 91.5 Å². The Bertz CT molecular complexity index is 2250. The molecule has 1 aromatic heterocycles. The van der Waals surface area contributed by atoms with Crippen LogP contribution in [0.25, 0.3) is 10.8 Å². The van der Waals surface area contributed by atoms with E-state index in [0.29, 0.717) is 69.6 Å². The van der Waals surface area contributed by atoms with E-state index in [2.05, 4.69) is 15.0 Å². The highest BCUT2D eigenvalue weighted by atomic mass is 32.2. The van der Waals surface area contributed by atoms with Crippen molar-refractivity contribution in [1.29, 1.82) is 0 Å². The van der Waals surface area contributed by atoms with Crippen LogP contribution in [-0.4, -0.2) is 113 Å². The minimum Gasteiger partial charge on any atom is -0.497 e. The maximum Gasteiger partial charge on any atom is 0.411 e. The molecule has 0 bridgehead atoms. The Labute approximate surface area is 352 Å². The van der Waals surface area contributed by atoms with Crippen molar-refractivity contribution < 1.29 is 60.1 Å². The van der Waals surface area contributed by atoms with Gasteiger partial charge in [0.2, 0.25) is 33.6 Å². The van der Waals surface area contributed by atoms with Crippen LogP contribution in [-0.2, 0) is 30.8 Å². The lowest BCUT2D eigenvalue weighted by Crippen LogP contribution is -2.66. The number of rotatable bonds is 8.